The molecule has 0 aliphatic carbocycles. The summed E-state index contributed by atoms with van der Waals surface area (Å²) in [6.45, 7) is 2.77. The number of halogens is 3. The minimum absolute atomic E-state index is 0.262. The van der Waals surface area contributed by atoms with Gasteiger partial charge < -0.3 is 4.74 Å². The van der Waals surface area contributed by atoms with E-state index in [0.717, 1.165) is 0 Å². The van der Waals surface area contributed by atoms with Crippen LogP contribution >= 0.6 is 0 Å². The summed E-state index contributed by atoms with van der Waals surface area (Å²) in [6.07, 6.45) is 3.27. The molecule has 1 heterocycles. The predicted molar refractivity (Wildman–Crippen MR) is 75.4 cm³/mol. The van der Waals surface area contributed by atoms with Crippen molar-refractivity contribution >= 4 is 5.78 Å². The molecule has 2 aromatic rings. The first-order chi connectivity index (χ1) is 11.0. The molecule has 0 amide bonds. The molecule has 0 bridgehead atoms. The molecule has 8 heteroatoms. The van der Waals surface area contributed by atoms with E-state index < -0.39 is 34.8 Å². The maximum absolute atomic E-state index is 13.8. The van der Waals surface area contributed by atoms with E-state index in [-0.39, 0.29) is 6.42 Å². The molecule has 124 valence electrons. The number of aromatic nitrogens is 3. The van der Waals surface area contributed by atoms with Crippen LogP contribution in [0.2, 0.25) is 0 Å². The van der Waals surface area contributed by atoms with Gasteiger partial charge in [-0.25, -0.2) is 22.8 Å². The highest BCUT2D eigenvalue weighted by molar-refractivity contribution is 5.99. The van der Waals surface area contributed by atoms with Gasteiger partial charge in [-0.1, -0.05) is 0 Å². The predicted octanol–water partition coefficient (Wildman–Crippen LogP) is 2.94. The van der Waals surface area contributed by atoms with Crippen LogP contribution in [0.15, 0.2) is 24.8 Å². The summed E-state index contributed by atoms with van der Waals surface area (Å²) < 4.78 is 47.1. The molecule has 0 saturated carbocycles. The van der Waals surface area contributed by atoms with E-state index in [1.54, 1.807) is 0 Å². The zero-order valence-electron chi connectivity index (χ0n) is 12.5. The molecule has 1 aromatic heterocycles. The molecule has 1 aromatic carbocycles. The lowest BCUT2D eigenvalue weighted by atomic mass is 9.99. The molecule has 2 rings (SSSR count). The van der Waals surface area contributed by atoms with Crippen LogP contribution in [-0.2, 0) is 4.74 Å². The van der Waals surface area contributed by atoms with Gasteiger partial charge in [-0.15, -0.1) is 0 Å². The first-order valence-electron chi connectivity index (χ1n) is 7.15. The number of ether oxygens (including phenoxy) is 1. The second-order valence-electron chi connectivity index (χ2n) is 4.84. The Morgan fingerprint density at radius 1 is 1.30 bits per heavy atom. The van der Waals surface area contributed by atoms with Crippen LogP contribution in [0, 0.1) is 17.5 Å². The van der Waals surface area contributed by atoms with Crippen LogP contribution in [0.25, 0.3) is 0 Å². The number of benzene rings is 1. The van der Waals surface area contributed by atoms with Crippen molar-refractivity contribution in [1.29, 1.82) is 0 Å². The van der Waals surface area contributed by atoms with E-state index in [4.69, 9.17) is 4.74 Å². The van der Waals surface area contributed by atoms with Crippen LogP contribution in [0.3, 0.4) is 0 Å². The van der Waals surface area contributed by atoms with Gasteiger partial charge in [0.25, 0.3) is 0 Å². The molecule has 0 spiro atoms. The van der Waals surface area contributed by atoms with Crippen LogP contribution in [0.1, 0.15) is 36.2 Å². The van der Waals surface area contributed by atoms with Gasteiger partial charge in [-0.05, 0) is 19.8 Å². The van der Waals surface area contributed by atoms with E-state index >= 15 is 0 Å². The number of hydrogen-bond donors (Lipinski definition) is 0. The molecule has 0 radical (unpaired) electrons. The number of hydrogen-bond acceptors (Lipinski definition) is 4. The van der Waals surface area contributed by atoms with Gasteiger partial charge in [0.1, 0.15) is 36.1 Å². The molecule has 0 N–H and O–H groups in total. The Balaban J connectivity index is 2.26. The number of rotatable bonds is 8. The lowest BCUT2D eigenvalue weighted by Gasteiger charge is -2.16. The van der Waals surface area contributed by atoms with Crippen molar-refractivity contribution in [3.05, 3.63) is 47.8 Å². The molecular weight excluding hydrogens is 311 g/mol. The molecule has 0 aliphatic heterocycles. The van der Waals surface area contributed by atoms with Gasteiger partial charge >= 0.3 is 0 Å². The maximum Gasteiger partial charge on any atom is 0.193 e. The highest BCUT2D eigenvalue weighted by Crippen LogP contribution is 2.24. The zero-order chi connectivity index (χ0) is 16.8. The third kappa shape index (κ3) is 4.16. The van der Waals surface area contributed by atoms with Crippen LogP contribution in [0.5, 0.6) is 0 Å². The molecule has 0 fully saturated rings. The summed E-state index contributed by atoms with van der Waals surface area (Å²) in [7, 11) is 0. The first kappa shape index (κ1) is 17.1. The maximum atomic E-state index is 13.8. The molecular formula is C15H16F3N3O2. The zero-order valence-corrected chi connectivity index (χ0v) is 12.5. The Morgan fingerprint density at radius 2 is 2.00 bits per heavy atom. The third-order valence-corrected chi connectivity index (χ3v) is 3.28. The van der Waals surface area contributed by atoms with Crippen molar-refractivity contribution in [1.82, 2.24) is 14.8 Å². The van der Waals surface area contributed by atoms with Gasteiger partial charge in [0.05, 0.1) is 5.56 Å². The van der Waals surface area contributed by atoms with Gasteiger partial charge in [0.2, 0.25) is 0 Å². The Kier molecular flexibility index (Phi) is 5.86. The van der Waals surface area contributed by atoms with Gasteiger partial charge in [-0.2, -0.15) is 5.10 Å². The van der Waals surface area contributed by atoms with E-state index in [1.807, 2.05) is 6.92 Å². The van der Waals surface area contributed by atoms with Crippen LogP contribution in [0.4, 0.5) is 13.2 Å². The standard InChI is InChI=1S/C15H16F3N3O2/c1-2-23-5-3-4-13(21-9-19-8-20-21)15(22)14-11(17)6-10(16)7-12(14)18/h6-9,13H,2-5H2,1H3. The Morgan fingerprint density at radius 3 is 2.57 bits per heavy atom. The van der Waals surface area contributed by atoms with Crippen molar-refractivity contribution in [3.8, 4) is 0 Å². The summed E-state index contributed by atoms with van der Waals surface area (Å²) in [5.74, 6) is -4.36. The molecule has 1 atom stereocenters. The lowest BCUT2D eigenvalue weighted by Crippen LogP contribution is -2.23. The van der Waals surface area contributed by atoms with Crippen molar-refractivity contribution in [2.24, 2.45) is 0 Å². The van der Waals surface area contributed by atoms with E-state index in [1.165, 1.54) is 17.3 Å². The smallest absolute Gasteiger partial charge is 0.193 e. The average Bonchev–Trinajstić information content (AvgIpc) is 3.00. The topological polar surface area (TPSA) is 57.0 Å². The van der Waals surface area contributed by atoms with E-state index in [0.29, 0.717) is 31.8 Å². The van der Waals surface area contributed by atoms with Crippen molar-refractivity contribution < 1.29 is 22.7 Å². The summed E-state index contributed by atoms with van der Waals surface area (Å²) in [5, 5.41) is 3.86. The molecule has 5 nitrogen and oxygen atoms in total. The van der Waals surface area contributed by atoms with E-state index in [9.17, 15) is 18.0 Å². The number of Topliss-reactive ketones (excluding diaryl/α,β-unsaturated/α-hetero) is 1. The fourth-order valence-electron chi connectivity index (χ4n) is 2.23. The number of carbonyl (C=O) groups excluding carboxylic acids is 1. The second-order valence-corrected chi connectivity index (χ2v) is 4.84. The Bertz CT molecular complexity index is 639. The Labute approximate surface area is 131 Å². The lowest BCUT2D eigenvalue weighted by molar-refractivity contribution is 0.0883. The monoisotopic (exact) mass is 327 g/mol. The molecule has 0 saturated heterocycles. The highest BCUT2D eigenvalue weighted by Gasteiger charge is 2.28. The minimum Gasteiger partial charge on any atom is -0.382 e. The molecule has 0 aliphatic rings. The normalized spacial score (nSPS) is 12.3. The minimum atomic E-state index is -1.23. The van der Waals surface area contributed by atoms with Crippen molar-refractivity contribution in [2.75, 3.05) is 13.2 Å². The van der Waals surface area contributed by atoms with Crippen molar-refractivity contribution in [3.63, 3.8) is 0 Å². The quantitative estimate of drug-likeness (QED) is 0.552. The van der Waals surface area contributed by atoms with Crippen LogP contribution < -0.4 is 0 Å². The fraction of sp³-hybridized carbons (Fsp3) is 0.400. The van der Waals surface area contributed by atoms with Gasteiger partial charge in [0.15, 0.2) is 5.78 Å². The molecule has 23 heavy (non-hydrogen) atoms. The fourth-order valence-corrected chi connectivity index (χ4v) is 2.23. The second kappa shape index (κ2) is 7.87. The number of ketones is 1. The summed E-state index contributed by atoms with van der Waals surface area (Å²) >= 11 is 0. The van der Waals surface area contributed by atoms with Crippen LogP contribution in [-0.4, -0.2) is 33.8 Å². The Hall–Kier alpha value is -2.22. The molecule has 1 unspecified atom stereocenters. The number of carbonyl (C=O) groups is 1. The summed E-state index contributed by atoms with van der Waals surface area (Å²) in [5.41, 5.74) is -0.775. The SMILES string of the molecule is CCOCCCC(C(=O)c1c(F)cc(F)cc1F)n1cncn1. The number of nitrogens with zero attached hydrogens (tertiary/aromatic N) is 3. The van der Waals surface area contributed by atoms with Gasteiger partial charge in [0, 0.05) is 25.3 Å². The highest BCUT2D eigenvalue weighted by atomic mass is 19.1. The van der Waals surface area contributed by atoms with E-state index in [2.05, 4.69) is 10.1 Å². The summed E-state index contributed by atoms with van der Waals surface area (Å²) in [6, 6.07) is 0.0245. The largest absolute Gasteiger partial charge is 0.382 e. The third-order valence-electron chi connectivity index (χ3n) is 3.28. The average molecular weight is 327 g/mol. The van der Waals surface area contributed by atoms with Crippen molar-refractivity contribution in [2.45, 2.75) is 25.8 Å². The van der Waals surface area contributed by atoms with Gasteiger partial charge in [-0.3, -0.25) is 4.79 Å². The first-order valence-corrected chi connectivity index (χ1v) is 7.15. The summed E-state index contributed by atoms with van der Waals surface area (Å²) in [4.78, 5) is 16.3.